The van der Waals surface area contributed by atoms with Gasteiger partial charge in [-0.25, -0.2) is 0 Å². The van der Waals surface area contributed by atoms with Crippen LogP contribution in [0.2, 0.25) is 5.02 Å². The first kappa shape index (κ1) is 13.3. The first-order valence-corrected chi connectivity index (χ1v) is 7.05. The van der Waals surface area contributed by atoms with Gasteiger partial charge in [-0.1, -0.05) is 36.0 Å². The summed E-state index contributed by atoms with van der Waals surface area (Å²) < 4.78 is 0. The Hall–Kier alpha value is -1.10. The van der Waals surface area contributed by atoms with Gasteiger partial charge in [-0.05, 0) is 29.8 Å². The normalized spacial score (nSPS) is 10.3. The lowest BCUT2D eigenvalue weighted by Crippen LogP contribution is -2.11. The van der Waals surface area contributed by atoms with Gasteiger partial charge >= 0.3 is 0 Å². The molecule has 0 spiro atoms. The molecule has 0 unspecified atom stereocenters. The molecule has 0 aliphatic carbocycles. The quantitative estimate of drug-likeness (QED) is 0.690. The Balaban J connectivity index is 2.04. The molecular weight excluding hydrogens is 284 g/mol. The van der Waals surface area contributed by atoms with Crippen LogP contribution in [0.4, 0.5) is 0 Å². The maximum Gasteiger partial charge on any atom is 0.122 e. The van der Waals surface area contributed by atoms with Crippen LogP contribution >= 0.6 is 35.6 Å². The molecule has 0 saturated heterocycles. The van der Waals surface area contributed by atoms with Crippen LogP contribution in [-0.4, -0.2) is 9.97 Å². The van der Waals surface area contributed by atoms with Gasteiger partial charge < -0.3 is 5.73 Å². The highest BCUT2D eigenvalue weighted by Crippen LogP contribution is 2.23. The number of rotatable bonds is 4. The molecule has 0 aliphatic heterocycles. The van der Waals surface area contributed by atoms with E-state index in [-0.39, 0.29) is 0 Å². The molecule has 18 heavy (non-hydrogen) atoms. The highest BCUT2D eigenvalue weighted by atomic mass is 35.5. The van der Waals surface area contributed by atoms with Crippen molar-refractivity contribution in [3.05, 3.63) is 58.9 Å². The summed E-state index contributed by atoms with van der Waals surface area (Å²) in [4.78, 5) is 5.53. The number of hydrogen-bond acceptors (Lipinski definition) is 3. The van der Waals surface area contributed by atoms with Crippen LogP contribution in [-0.2, 0) is 5.75 Å². The van der Waals surface area contributed by atoms with Crippen LogP contribution in [0, 0.1) is 0 Å². The van der Waals surface area contributed by atoms with Crippen molar-refractivity contribution in [1.82, 2.24) is 4.98 Å². The fourth-order valence-corrected chi connectivity index (χ4v) is 2.50. The summed E-state index contributed by atoms with van der Waals surface area (Å²) >= 11 is 12.5. The Morgan fingerprint density at radius 2 is 2.00 bits per heavy atom. The van der Waals surface area contributed by atoms with Crippen LogP contribution in [0.25, 0.3) is 0 Å². The second-order valence-electron chi connectivity index (χ2n) is 3.66. The standard InChI is InChI=1S/C13H11ClN2S2/c14-10-3-1-9(2-4-10)8-18-11-5-6-16-12(7-11)13(15)17/h1-7H,8H2,(H2,15,17). The van der Waals surface area contributed by atoms with Crippen molar-refractivity contribution in [3.63, 3.8) is 0 Å². The van der Waals surface area contributed by atoms with Crippen LogP contribution < -0.4 is 5.73 Å². The van der Waals surface area contributed by atoms with Gasteiger partial charge in [-0.3, -0.25) is 4.98 Å². The first-order chi connectivity index (χ1) is 8.65. The number of nitrogens with zero attached hydrogens (tertiary/aromatic N) is 1. The Kier molecular flexibility index (Phi) is 4.58. The first-order valence-electron chi connectivity index (χ1n) is 5.28. The molecule has 0 saturated carbocycles. The van der Waals surface area contributed by atoms with E-state index in [1.54, 1.807) is 18.0 Å². The molecular formula is C13H11ClN2S2. The predicted octanol–water partition coefficient (Wildman–Crippen LogP) is 3.66. The van der Waals surface area contributed by atoms with E-state index in [0.29, 0.717) is 10.7 Å². The summed E-state index contributed by atoms with van der Waals surface area (Å²) in [6, 6.07) is 11.7. The predicted molar refractivity (Wildman–Crippen MR) is 81.1 cm³/mol. The summed E-state index contributed by atoms with van der Waals surface area (Å²) in [5.41, 5.74) is 7.43. The summed E-state index contributed by atoms with van der Waals surface area (Å²) in [6.07, 6.45) is 1.72. The molecule has 0 radical (unpaired) electrons. The van der Waals surface area contributed by atoms with Crippen molar-refractivity contribution in [2.75, 3.05) is 0 Å². The van der Waals surface area contributed by atoms with Crippen molar-refractivity contribution >= 4 is 40.6 Å². The second-order valence-corrected chi connectivity index (χ2v) is 5.58. The molecule has 0 atom stereocenters. The lowest BCUT2D eigenvalue weighted by Gasteiger charge is -2.04. The van der Waals surface area contributed by atoms with E-state index in [9.17, 15) is 0 Å². The highest BCUT2D eigenvalue weighted by molar-refractivity contribution is 7.98. The monoisotopic (exact) mass is 294 g/mol. The molecule has 0 bridgehead atoms. The van der Waals surface area contributed by atoms with Gasteiger partial charge in [0.25, 0.3) is 0 Å². The molecule has 1 aromatic heterocycles. The van der Waals surface area contributed by atoms with E-state index in [1.807, 2.05) is 36.4 Å². The average Bonchev–Trinajstić information content (AvgIpc) is 2.38. The third-order valence-electron chi connectivity index (χ3n) is 2.30. The summed E-state index contributed by atoms with van der Waals surface area (Å²) in [5.74, 6) is 0.873. The van der Waals surface area contributed by atoms with Crippen LogP contribution in [0.15, 0.2) is 47.5 Å². The van der Waals surface area contributed by atoms with E-state index in [2.05, 4.69) is 4.98 Å². The van der Waals surface area contributed by atoms with E-state index < -0.39 is 0 Å². The fraction of sp³-hybridized carbons (Fsp3) is 0.0769. The molecule has 2 rings (SSSR count). The van der Waals surface area contributed by atoms with Gasteiger partial charge in [0.15, 0.2) is 0 Å². The van der Waals surface area contributed by atoms with Gasteiger partial charge in [0.05, 0.1) is 5.69 Å². The van der Waals surface area contributed by atoms with E-state index in [4.69, 9.17) is 29.6 Å². The van der Waals surface area contributed by atoms with Crippen LogP contribution in [0.1, 0.15) is 11.3 Å². The van der Waals surface area contributed by atoms with E-state index in [1.165, 1.54) is 5.56 Å². The Labute approximate surface area is 121 Å². The maximum absolute atomic E-state index is 5.84. The van der Waals surface area contributed by atoms with Crippen LogP contribution in [0.3, 0.4) is 0 Å². The van der Waals surface area contributed by atoms with E-state index in [0.717, 1.165) is 15.7 Å². The topological polar surface area (TPSA) is 38.9 Å². The minimum atomic E-state index is 0.323. The minimum Gasteiger partial charge on any atom is -0.388 e. The Morgan fingerprint density at radius 1 is 1.28 bits per heavy atom. The molecule has 1 aromatic carbocycles. The third-order valence-corrected chi connectivity index (χ3v) is 3.83. The second kappa shape index (κ2) is 6.18. The molecule has 1 heterocycles. The lowest BCUT2D eigenvalue weighted by atomic mass is 10.2. The molecule has 0 aliphatic rings. The lowest BCUT2D eigenvalue weighted by molar-refractivity contribution is 1.23. The number of thioether (sulfide) groups is 1. The zero-order valence-electron chi connectivity index (χ0n) is 9.47. The molecule has 2 nitrogen and oxygen atoms in total. The highest BCUT2D eigenvalue weighted by Gasteiger charge is 2.01. The SMILES string of the molecule is NC(=S)c1cc(SCc2ccc(Cl)cc2)ccn1. The number of aromatic nitrogens is 1. The summed E-state index contributed by atoms with van der Waals surface area (Å²) in [5, 5.41) is 0.753. The minimum absolute atomic E-state index is 0.323. The number of halogens is 1. The number of hydrogen-bond donors (Lipinski definition) is 1. The number of pyridine rings is 1. The van der Waals surface area contributed by atoms with Gasteiger partial charge in [0.2, 0.25) is 0 Å². The van der Waals surface area contributed by atoms with E-state index >= 15 is 0 Å². The summed E-state index contributed by atoms with van der Waals surface area (Å²) in [6.45, 7) is 0. The molecule has 0 fully saturated rings. The zero-order valence-corrected chi connectivity index (χ0v) is 11.9. The Bertz CT molecular complexity index is 555. The van der Waals surface area contributed by atoms with Gasteiger partial charge in [0.1, 0.15) is 4.99 Å². The van der Waals surface area contributed by atoms with Crippen molar-refractivity contribution in [2.45, 2.75) is 10.6 Å². The summed E-state index contributed by atoms with van der Waals surface area (Å²) in [7, 11) is 0. The van der Waals surface area contributed by atoms with Crippen molar-refractivity contribution in [2.24, 2.45) is 5.73 Å². The fourth-order valence-electron chi connectivity index (χ4n) is 1.38. The molecule has 0 amide bonds. The van der Waals surface area contributed by atoms with Crippen molar-refractivity contribution in [1.29, 1.82) is 0 Å². The smallest absolute Gasteiger partial charge is 0.122 e. The van der Waals surface area contributed by atoms with Crippen molar-refractivity contribution < 1.29 is 0 Å². The molecule has 2 N–H and O–H groups in total. The zero-order chi connectivity index (χ0) is 13.0. The van der Waals surface area contributed by atoms with Gasteiger partial charge in [0, 0.05) is 21.9 Å². The number of nitrogens with two attached hydrogens (primary N) is 1. The molecule has 5 heteroatoms. The third kappa shape index (κ3) is 3.70. The largest absolute Gasteiger partial charge is 0.388 e. The average molecular weight is 295 g/mol. The number of thiocarbonyl (C=S) groups is 1. The van der Waals surface area contributed by atoms with Gasteiger partial charge in [-0.2, -0.15) is 0 Å². The van der Waals surface area contributed by atoms with Crippen molar-refractivity contribution in [3.8, 4) is 0 Å². The maximum atomic E-state index is 5.84. The Morgan fingerprint density at radius 3 is 2.67 bits per heavy atom. The number of benzene rings is 1. The van der Waals surface area contributed by atoms with Gasteiger partial charge in [-0.15, -0.1) is 11.8 Å². The van der Waals surface area contributed by atoms with Crippen LogP contribution in [0.5, 0.6) is 0 Å². The molecule has 92 valence electrons. The molecule has 2 aromatic rings.